The van der Waals surface area contributed by atoms with Crippen LogP contribution in [0.2, 0.25) is 0 Å². The van der Waals surface area contributed by atoms with Crippen LogP contribution in [0.15, 0.2) is 76.3 Å². The Morgan fingerprint density at radius 2 is 1.84 bits per heavy atom. The topological polar surface area (TPSA) is 118 Å². The van der Waals surface area contributed by atoms with Crippen LogP contribution in [0.3, 0.4) is 0 Å². The first kappa shape index (κ1) is 23.4. The van der Waals surface area contributed by atoms with Crippen LogP contribution in [0.5, 0.6) is 0 Å². The smallest absolute Gasteiger partial charge is 0.317 e. The standard InChI is InChI=1S/C28H23N7O3/c1-2-18-16-22(35-12-14-37-15-13-35)24(29-17-18)27-33-34-28(38-27)32-25-26(36)30-21-11-7-6-10-20(21)23(31-25)19-8-4-3-5-9-19/h1,3-11,16-17,25H,12-15H2,(H,30,36)(H,32,34)/t25-/m1/s1. The van der Waals surface area contributed by atoms with Gasteiger partial charge in [-0.3, -0.25) is 4.79 Å². The van der Waals surface area contributed by atoms with Gasteiger partial charge in [0.25, 0.3) is 11.8 Å². The van der Waals surface area contributed by atoms with Crippen molar-refractivity contribution in [2.24, 2.45) is 4.99 Å². The molecule has 4 heterocycles. The molecule has 2 N–H and O–H groups in total. The maximum Gasteiger partial charge on any atom is 0.317 e. The van der Waals surface area contributed by atoms with Gasteiger partial charge < -0.3 is 24.7 Å². The van der Waals surface area contributed by atoms with Crippen LogP contribution >= 0.6 is 0 Å². The summed E-state index contributed by atoms with van der Waals surface area (Å²) in [5.41, 5.74) is 4.95. The number of fused-ring (bicyclic) bond motifs is 1. The number of hydrogen-bond acceptors (Lipinski definition) is 9. The Morgan fingerprint density at radius 1 is 1.05 bits per heavy atom. The van der Waals surface area contributed by atoms with E-state index in [4.69, 9.17) is 20.6 Å². The Kier molecular flexibility index (Phi) is 6.25. The van der Waals surface area contributed by atoms with E-state index < -0.39 is 6.17 Å². The molecule has 1 amide bonds. The third kappa shape index (κ3) is 4.58. The second-order valence-corrected chi connectivity index (χ2v) is 8.67. The van der Waals surface area contributed by atoms with E-state index in [-0.39, 0.29) is 17.8 Å². The van der Waals surface area contributed by atoms with Gasteiger partial charge >= 0.3 is 6.01 Å². The average molecular weight is 506 g/mol. The molecule has 0 unspecified atom stereocenters. The first-order valence-electron chi connectivity index (χ1n) is 12.1. The molecule has 4 aromatic rings. The number of terminal acetylenes is 1. The van der Waals surface area contributed by atoms with Crippen LogP contribution in [0.4, 0.5) is 17.4 Å². The molecule has 2 aromatic heterocycles. The summed E-state index contributed by atoms with van der Waals surface area (Å²) in [7, 11) is 0. The third-order valence-corrected chi connectivity index (χ3v) is 6.27. The largest absolute Gasteiger partial charge is 0.402 e. The number of aromatic nitrogens is 3. The minimum Gasteiger partial charge on any atom is -0.402 e. The number of benzene rings is 2. The summed E-state index contributed by atoms with van der Waals surface area (Å²) in [5, 5.41) is 14.2. The lowest BCUT2D eigenvalue weighted by Crippen LogP contribution is -2.36. The monoisotopic (exact) mass is 505 g/mol. The zero-order valence-electron chi connectivity index (χ0n) is 20.3. The van der Waals surface area contributed by atoms with Gasteiger partial charge in [0.2, 0.25) is 6.17 Å². The number of nitrogens with one attached hydrogen (secondary N) is 2. The number of morpholine rings is 1. The second-order valence-electron chi connectivity index (χ2n) is 8.67. The van der Waals surface area contributed by atoms with Crippen molar-refractivity contribution in [3.63, 3.8) is 0 Å². The predicted octanol–water partition coefficient (Wildman–Crippen LogP) is 3.18. The Hall–Kier alpha value is -5.01. The van der Waals surface area contributed by atoms with E-state index >= 15 is 0 Å². The highest BCUT2D eigenvalue weighted by Gasteiger charge is 2.28. The number of hydrogen-bond donors (Lipinski definition) is 2. The van der Waals surface area contributed by atoms with Crippen molar-refractivity contribution in [3.8, 4) is 23.9 Å². The van der Waals surface area contributed by atoms with E-state index in [1.807, 2.05) is 60.7 Å². The highest BCUT2D eigenvalue weighted by atomic mass is 16.5. The van der Waals surface area contributed by atoms with E-state index in [0.29, 0.717) is 49.0 Å². The minimum absolute atomic E-state index is 0.0398. The highest BCUT2D eigenvalue weighted by molar-refractivity contribution is 6.19. The van der Waals surface area contributed by atoms with Crippen molar-refractivity contribution in [1.29, 1.82) is 0 Å². The van der Waals surface area contributed by atoms with E-state index in [2.05, 4.69) is 36.6 Å². The summed E-state index contributed by atoms with van der Waals surface area (Å²) in [5.74, 6) is 2.47. The quantitative estimate of drug-likeness (QED) is 0.397. The van der Waals surface area contributed by atoms with E-state index in [1.165, 1.54) is 0 Å². The summed E-state index contributed by atoms with van der Waals surface area (Å²) in [6.07, 6.45) is 6.18. The molecule has 2 aliphatic rings. The Morgan fingerprint density at radius 3 is 2.66 bits per heavy atom. The number of para-hydroxylation sites is 1. The van der Waals surface area contributed by atoms with Crippen LogP contribution in [0, 0.1) is 12.3 Å². The summed E-state index contributed by atoms with van der Waals surface area (Å²) >= 11 is 0. The van der Waals surface area contributed by atoms with Crippen LogP contribution < -0.4 is 15.5 Å². The van der Waals surface area contributed by atoms with Gasteiger partial charge in [-0.2, -0.15) is 0 Å². The predicted molar refractivity (Wildman–Crippen MR) is 143 cm³/mol. The van der Waals surface area contributed by atoms with Gasteiger partial charge in [-0.15, -0.1) is 11.5 Å². The van der Waals surface area contributed by atoms with Gasteiger partial charge in [0.05, 0.1) is 30.3 Å². The van der Waals surface area contributed by atoms with Crippen molar-refractivity contribution < 1.29 is 13.9 Å². The third-order valence-electron chi connectivity index (χ3n) is 6.27. The molecular formula is C28H23N7O3. The molecule has 10 nitrogen and oxygen atoms in total. The van der Waals surface area contributed by atoms with Crippen LogP contribution in [0.1, 0.15) is 16.7 Å². The number of rotatable bonds is 5. The van der Waals surface area contributed by atoms with Crippen molar-refractivity contribution in [2.45, 2.75) is 6.17 Å². The van der Waals surface area contributed by atoms with E-state index in [9.17, 15) is 4.79 Å². The van der Waals surface area contributed by atoms with Crippen molar-refractivity contribution in [1.82, 2.24) is 15.2 Å². The zero-order valence-corrected chi connectivity index (χ0v) is 20.3. The van der Waals surface area contributed by atoms with E-state index in [1.54, 1.807) is 6.20 Å². The maximum atomic E-state index is 13.1. The van der Waals surface area contributed by atoms with Crippen LogP contribution in [-0.2, 0) is 9.53 Å². The van der Waals surface area contributed by atoms with Gasteiger partial charge in [-0.25, -0.2) is 9.98 Å². The number of nitrogens with zero attached hydrogens (tertiary/aromatic N) is 5. The number of amides is 1. The molecule has 6 rings (SSSR count). The number of benzodiazepines with no additional fused rings is 1. The molecule has 1 fully saturated rings. The fraction of sp³-hybridized carbons (Fsp3) is 0.179. The van der Waals surface area contributed by atoms with Crippen LogP contribution in [-0.4, -0.2) is 59.3 Å². The van der Waals surface area contributed by atoms with Gasteiger partial charge in [-0.05, 0) is 12.1 Å². The van der Waals surface area contributed by atoms with Gasteiger partial charge in [0.1, 0.15) is 0 Å². The normalized spacial score (nSPS) is 17.0. The average Bonchev–Trinajstić information content (AvgIpc) is 3.39. The molecule has 1 saturated heterocycles. The molecular weight excluding hydrogens is 482 g/mol. The first-order valence-corrected chi connectivity index (χ1v) is 12.1. The molecule has 2 aliphatic heterocycles. The fourth-order valence-corrected chi connectivity index (χ4v) is 4.42. The summed E-state index contributed by atoms with van der Waals surface area (Å²) in [6.45, 7) is 2.55. The number of pyridine rings is 1. The van der Waals surface area contributed by atoms with Gasteiger partial charge in [0, 0.05) is 36.0 Å². The number of ether oxygens (including phenoxy) is 1. The Bertz CT molecular complexity index is 1550. The molecule has 0 aliphatic carbocycles. The van der Waals surface area contributed by atoms with Gasteiger partial charge in [-0.1, -0.05) is 59.6 Å². The SMILES string of the molecule is C#Cc1cnc(-c2nnc(N[C@H]3N=C(c4ccccc4)c4ccccc4NC3=O)o2)c(N2CCOCC2)c1. The molecule has 38 heavy (non-hydrogen) atoms. The molecule has 0 bridgehead atoms. The van der Waals surface area contributed by atoms with E-state index in [0.717, 1.165) is 16.8 Å². The summed E-state index contributed by atoms with van der Waals surface area (Å²) < 4.78 is 11.4. The van der Waals surface area contributed by atoms with Crippen LogP contribution in [0.25, 0.3) is 11.6 Å². The molecule has 188 valence electrons. The number of aliphatic imine (C=N–C) groups is 1. The lowest BCUT2D eigenvalue weighted by Gasteiger charge is -2.29. The van der Waals surface area contributed by atoms with Crippen molar-refractivity contribution in [3.05, 3.63) is 83.6 Å². The first-order chi connectivity index (χ1) is 18.7. The molecule has 2 aromatic carbocycles. The lowest BCUT2D eigenvalue weighted by molar-refractivity contribution is -0.116. The lowest BCUT2D eigenvalue weighted by atomic mass is 10.0. The minimum atomic E-state index is -1.01. The Balaban J connectivity index is 1.33. The summed E-state index contributed by atoms with van der Waals surface area (Å²) in [6, 6.07) is 19.1. The zero-order chi connectivity index (χ0) is 25.9. The number of carbonyl (C=O) groups is 1. The fourth-order valence-electron chi connectivity index (χ4n) is 4.42. The van der Waals surface area contributed by atoms with Crippen molar-refractivity contribution in [2.75, 3.05) is 41.8 Å². The number of anilines is 3. The molecule has 1 atom stereocenters. The molecule has 0 saturated carbocycles. The molecule has 10 heteroatoms. The maximum absolute atomic E-state index is 13.1. The number of carbonyl (C=O) groups excluding carboxylic acids is 1. The highest BCUT2D eigenvalue weighted by Crippen LogP contribution is 2.31. The Labute approximate surface area is 218 Å². The molecule has 0 spiro atoms. The molecule has 0 radical (unpaired) electrons. The van der Waals surface area contributed by atoms with Gasteiger partial charge in [0.15, 0.2) is 5.69 Å². The second kappa shape index (κ2) is 10.2. The van der Waals surface area contributed by atoms with Crippen molar-refractivity contribution >= 4 is 29.0 Å². The summed E-state index contributed by atoms with van der Waals surface area (Å²) in [4.78, 5) is 24.5.